The van der Waals surface area contributed by atoms with Crippen molar-refractivity contribution in [3.8, 4) is 0 Å². The fourth-order valence-corrected chi connectivity index (χ4v) is 3.73. The van der Waals surface area contributed by atoms with Gasteiger partial charge in [-0.15, -0.1) is 11.3 Å². The molecule has 1 aliphatic heterocycles. The fourth-order valence-electron chi connectivity index (χ4n) is 2.24. The molecule has 3 rings (SSSR count). The van der Waals surface area contributed by atoms with Crippen molar-refractivity contribution in [1.82, 2.24) is 4.90 Å². The highest BCUT2D eigenvalue weighted by atomic mass is 79.9. The average Bonchev–Trinajstić information content (AvgIpc) is 2.79. The van der Waals surface area contributed by atoms with Gasteiger partial charge in [-0.25, -0.2) is 0 Å². The lowest BCUT2D eigenvalue weighted by Crippen LogP contribution is -2.36. The second-order valence-electron chi connectivity index (χ2n) is 4.33. The van der Waals surface area contributed by atoms with Gasteiger partial charge in [-0.05, 0) is 45.4 Å². The molecule has 18 heavy (non-hydrogen) atoms. The molecule has 0 saturated carbocycles. The number of carbonyl (C=O) groups is 1. The largest absolute Gasteiger partial charge is 0.333 e. The average molecular weight is 322 g/mol. The van der Waals surface area contributed by atoms with Crippen LogP contribution in [0.1, 0.15) is 20.8 Å². The predicted molar refractivity (Wildman–Crippen MR) is 76.9 cm³/mol. The summed E-state index contributed by atoms with van der Waals surface area (Å²) in [7, 11) is 0. The Hall–Kier alpha value is -1.13. The molecule has 0 spiro atoms. The smallest absolute Gasteiger partial charge is 0.254 e. The number of benzene rings is 1. The number of fused-ring (bicyclic) bond motifs is 1. The molecule has 0 aliphatic carbocycles. The number of amides is 1. The van der Waals surface area contributed by atoms with Crippen molar-refractivity contribution in [1.29, 1.82) is 0 Å². The Balaban J connectivity index is 1.85. The number of thiophene rings is 1. The quantitative estimate of drug-likeness (QED) is 0.825. The molecular formula is C14H12BrNOS. The lowest BCUT2D eigenvalue weighted by atomic mass is 9.99. The van der Waals surface area contributed by atoms with Crippen LogP contribution in [0.5, 0.6) is 0 Å². The molecule has 2 aromatic rings. The van der Waals surface area contributed by atoms with Crippen LogP contribution in [0.4, 0.5) is 0 Å². The summed E-state index contributed by atoms with van der Waals surface area (Å²) in [5.74, 6) is 0.150. The van der Waals surface area contributed by atoms with Crippen LogP contribution in [0.15, 0.2) is 40.2 Å². The minimum absolute atomic E-state index is 0.150. The summed E-state index contributed by atoms with van der Waals surface area (Å²) in [5.41, 5.74) is 2.03. The normalized spacial score (nSPS) is 14.7. The van der Waals surface area contributed by atoms with Gasteiger partial charge in [0, 0.05) is 21.5 Å². The van der Waals surface area contributed by atoms with E-state index >= 15 is 0 Å². The van der Waals surface area contributed by atoms with Gasteiger partial charge in [0.15, 0.2) is 0 Å². The standard InChI is InChI=1S/C14H12BrNOS/c15-12-6-8-18-13(12)9-16-7-5-10-3-1-2-4-11(10)14(16)17/h1-4,6,8H,5,7,9H2. The Bertz CT molecular complexity index is 593. The summed E-state index contributed by atoms with van der Waals surface area (Å²) in [6.07, 6.45) is 0.949. The maximum Gasteiger partial charge on any atom is 0.254 e. The molecule has 2 heterocycles. The van der Waals surface area contributed by atoms with Crippen molar-refractivity contribution >= 4 is 33.2 Å². The van der Waals surface area contributed by atoms with E-state index in [9.17, 15) is 4.79 Å². The molecule has 1 amide bonds. The summed E-state index contributed by atoms with van der Waals surface area (Å²) in [6.45, 7) is 1.51. The number of nitrogens with zero attached hydrogens (tertiary/aromatic N) is 1. The third-order valence-corrected chi connectivity index (χ3v) is 5.12. The molecule has 0 saturated heterocycles. The molecular weight excluding hydrogens is 310 g/mol. The third kappa shape index (κ3) is 2.10. The van der Waals surface area contributed by atoms with Gasteiger partial charge in [-0.3, -0.25) is 4.79 Å². The summed E-state index contributed by atoms with van der Waals surface area (Å²) >= 11 is 5.20. The zero-order valence-corrected chi connectivity index (χ0v) is 12.1. The molecule has 0 N–H and O–H groups in total. The van der Waals surface area contributed by atoms with E-state index in [-0.39, 0.29) is 5.91 Å². The summed E-state index contributed by atoms with van der Waals surface area (Å²) in [5, 5.41) is 2.04. The number of hydrogen-bond acceptors (Lipinski definition) is 2. The van der Waals surface area contributed by atoms with Crippen molar-refractivity contribution in [2.75, 3.05) is 6.54 Å². The molecule has 4 heteroatoms. The van der Waals surface area contributed by atoms with E-state index in [1.54, 1.807) is 11.3 Å². The van der Waals surface area contributed by atoms with Gasteiger partial charge in [0.05, 0.1) is 6.54 Å². The molecule has 1 aromatic heterocycles. The first kappa shape index (κ1) is 11.9. The molecule has 0 atom stereocenters. The first-order valence-corrected chi connectivity index (χ1v) is 7.52. The molecule has 1 aromatic carbocycles. The fraction of sp³-hybridized carbons (Fsp3) is 0.214. The Kier molecular flexibility index (Phi) is 3.22. The number of carbonyl (C=O) groups excluding carboxylic acids is 1. The van der Waals surface area contributed by atoms with Gasteiger partial charge in [-0.1, -0.05) is 18.2 Å². The van der Waals surface area contributed by atoms with Gasteiger partial charge >= 0.3 is 0 Å². The monoisotopic (exact) mass is 321 g/mol. The Morgan fingerprint density at radius 3 is 2.89 bits per heavy atom. The molecule has 0 bridgehead atoms. The topological polar surface area (TPSA) is 20.3 Å². The van der Waals surface area contributed by atoms with Crippen LogP contribution >= 0.6 is 27.3 Å². The predicted octanol–water partition coefficient (Wildman–Crippen LogP) is 3.71. The molecule has 2 nitrogen and oxygen atoms in total. The van der Waals surface area contributed by atoms with Crippen LogP contribution < -0.4 is 0 Å². The van der Waals surface area contributed by atoms with Gasteiger partial charge in [0.2, 0.25) is 0 Å². The highest BCUT2D eigenvalue weighted by molar-refractivity contribution is 9.10. The van der Waals surface area contributed by atoms with Crippen LogP contribution in [0.2, 0.25) is 0 Å². The third-order valence-electron chi connectivity index (χ3n) is 3.21. The lowest BCUT2D eigenvalue weighted by Gasteiger charge is -2.28. The maximum atomic E-state index is 12.4. The molecule has 92 valence electrons. The van der Waals surface area contributed by atoms with Gasteiger partial charge in [0.25, 0.3) is 5.91 Å². The molecule has 0 unspecified atom stereocenters. The Labute approximate surface area is 118 Å². The van der Waals surface area contributed by atoms with E-state index in [0.29, 0.717) is 6.54 Å². The van der Waals surface area contributed by atoms with Crippen molar-refractivity contribution in [3.05, 3.63) is 56.2 Å². The van der Waals surface area contributed by atoms with E-state index in [0.717, 1.165) is 23.0 Å². The van der Waals surface area contributed by atoms with Crippen LogP contribution in [0.3, 0.4) is 0 Å². The second kappa shape index (κ2) is 4.86. The highest BCUT2D eigenvalue weighted by Crippen LogP contribution is 2.27. The van der Waals surface area contributed by atoms with Crippen molar-refractivity contribution in [2.45, 2.75) is 13.0 Å². The van der Waals surface area contributed by atoms with Crippen LogP contribution in [-0.2, 0) is 13.0 Å². The first-order chi connectivity index (χ1) is 8.75. The molecule has 1 aliphatic rings. The van der Waals surface area contributed by atoms with Crippen LogP contribution in [0.25, 0.3) is 0 Å². The molecule has 0 radical (unpaired) electrons. The number of halogens is 1. The van der Waals surface area contributed by atoms with E-state index in [1.165, 1.54) is 10.4 Å². The van der Waals surface area contributed by atoms with Crippen LogP contribution in [-0.4, -0.2) is 17.4 Å². The first-order valence-electron chi connectivity index (χ1n) is 5.85. The molecule has 0 fully saturated rings. The Morgan fingerprint density at radius 1 is 1.28 bits per heavy atom. The summed E-state index contributed by atoms with van der Waals surface area (Å²) in [4.78, 5) is 15.5. The van der Waals surface area contributed by atoms with Crippen molar-refractivity contribution in [2.24, 2.45) is 0 Å². The van der Waals surface area contributed by atoms with Crippen molar-refractivity contribution in [3.63, 3.8) is 0 Å². The maximum absolute atomic E-state index is 12.4. The Morgan fingerprint density at radius 2 is 2.11 bits per heavy atom. The SMILES string of the molecule is O=C1c2ccccc2CCN1Cc1sccc1Br. The second-order valence-corrected chi connectivity index (χ2v) is 6.18. The minimum atomic E-state index is 0.150. The summed E-state index contributed by atoms with van der Waals surface area (Å²) < 4.78 is 1.10. The van der Waals surface area contributed by atoms with Gasteiger partial charge in [0.1, 0.15) is 0 Å². The van der Waals surface area contributed by atoms with Gasteiger partial charge in [-0.2, -0.15) is 0 Å². The van der Waals surface area contributed by atoms with Crippen molar-refractivity contribution < 1.29 is 4.79 Å². The number of hydrogen-bond donors (Lipinski definition) is 0. The zero-order valence-electron chi connectivity index (χ0n) is 9.73. The van der Waals surface area contributed by atoms with Crippen LogP contribution in [0, 0.1) is 0 Å². The lowest BCUT2D eigenvalue weighted by molar-refractivity contribution is 0.0728. The van der Waals surface area contributed by atoms with E-state index in [4.69, 9.17) is 0 Å². The van der Waals surface area contributed by atoms with Gasteiger partial charge < -0.3 is 4.90 Å². The van der Waals surface area contributed by atoms with E-state index in [2.05, 4.69) is 15.9 Å². The van der Waals surface area contributed by atoms with E-state index in [1.807, 2.05) is 40.6 Å². The van der Waals surface area contributed by atoms with E-state index < -0.39 is 0 Å². The minimum Gasteiger partial charge on any atom is -0.333 e. The summed E-state index contributed by atoms with van der Waals surface area (Å²) in [6, 6.07) is 9.93. The zero-order chi connectivity index (χ0) is 12.5. The highest BCUT2D eigenvalue weighted by Gasteiger charge is 2.24. The number of rotatable bonds is 2.